The molecule has 5 heteroatoms. The molecule has 3 heterocycles. The van der Waals surface area contributed by atoms with E-state index < -0.39 is 0 Å². The summed E-state index contributed by atoms with van der Waals surface area (Å²) in [6.07, 6.45) is 5.88. The minimum absolute atomic E-state index is 0.104. The van der Waals surface area contributed by atoms with Gasteiger partial charge in [0, 0.05) is 31.0 Å². The molecule has 2 fully saturated rings. The van der Waals surface area contributed by atoms with Gasteiger partial charge in [-0.25, -0.2) is 0 Å². The molecule has 1 saturated carbocycles. The summed E-state index contributed by atoms with van der Waals surface area (Å²) >= 11 is 0. The molecular formula is C19H23N3O2. The van der Waals surface area contributed by atoms with Gasteiger partial charge in [0.15, 0.2) is 0 Å². The molecule has 1 aliphatic heterocycles. The first-order chi connectivity index (χ1) is 11.8. The van der Waals surface area contributed by atoms with E-state index in [1.165, 1.54) is 0 Å². The molecule has 24 heavy (non-hydrogen) atoms. The molecule has 0 radical (unpaired) electrons. The molecule has 4 rings (SSSR count). The van der Waals surface area contributed by atoms with Crippen LogP contribution in [-0.2, 0) is 11.3 Å². The Kier molecular flexibility index (Phi) is 4.45. The second kappa shape index (κ2) is 6.87. The maximum atomic E-state index is 6.13. The van der Waals surface area contributed by atoms with Crippen LogP contribution in [0, 0.1) is 6.92 Å². The van der Waals surface area contributed by atoms with E-state index in [1.807, 2.05) is 25.1 Å². The lowest BCUT2D eigenvalue weighted by molar-refractivity contribution is -0.0919. The summed E-state index contributed by atoms with van der Waals surface area (Å²) in [4.78, 5) is 11.3. The van der Waals surface area contributed by atoms with Gasteiger partial charge in [-0.2, -0.15) is 0 Å². The third kappa shape index (κ3) is 3.28. The summed E-state index contributed by atoms with van der Waals surface area (Å²) < 4.78 is 12.2. The van der Waals surface area contributed by atoms with Gasteiger partial charge in [-0.3, -0.25) is 14.9 Å². The van der Waals surface area contributed by atoms with Gasteiger partial charge in [-0.15, -0.1) is 0 Å². The van der Waals surface area contributed by atoms with Crippen LogP contribution < -0.4 is 4.74 Å². The summed E-state index contributed by atoms with van der Waals surface area (Å²) in [5.41, 5.74) is 2.20. The second-order valence-electron chi connectivity index (χ2n) is 6.57. The van der Waals surface area contributed by atoms with E-state index in [4.69, 9.17) is 9.47 Å². The van der Waals surface area contributed by atoms with Crippen molar-refractivity contribution in [2.75, 3.05) is 13.2 Å². The molecule has 0 amide bonds. The number of ether oxygens (including phenoxy) is 2. The summed E-state index contributed by atoms with van der Waals surface area (Å²) in [6.45, 7) is 4.63. The van der Waals surface area contributed by atoms with E-state index in [2.05, 4.69) is 27.0 Å². The Hall–Kier alpha value is -1.98. The lowest BCUT2D eigenvalue weighted by atomic mass is 10.1. The number of pyridine rings is 2. The van der Waals surface area contributed by atoms with Crippen LogP contribution in [0.5, 0.6) is 5.75 Å². The normalized spacial score (nSPS) is 27.0. The highest BCUT2D eigenvalue weighted by atomic mass is 16.5. The monoisotopic (exact) mass is 325 g/mol. The molecule has 2 aliphatic rings. The second-order valence-corrected chi connectivity index (χ2v) is 6.57. The fourth-order valence-electron chi connectivity index (χ4n) is 3.80. The lowest BCUT2D eigenvalue weighted by Gasteiger charge is -2.38. The van der Waals surface area contributed by atoms with E-state index in [0.29, 0.717) is 6.04 Å². The van der Waals surface area contributed by atoms with E-state index in [0.717, 1.165) is 49.7 Å². The van der Waals surface area contributed by atoms with Crippen LogP contribution in [0.3, 0.4) is 0 Å². The first-order valence-corrected chi connectivity index (χ1v) is 8.64. The zero-order chi connectivity index (χ0) is 16.4. The van der Waals surface area contributed by atoms with Crippen LogP contribution in [-0.4, -0.2) is 46.3 Å². The van der Waals surface area contributed by atoms with Crippen LogP contribution in [0.1, 0.15) is 24.2 Å². The van der Waals surface area contributed by atoms with E-state index >= 15 is 0 Å². The number of hydrogen-bond acceptors (Lipinski definition) is 5. The number of rotatable bonds is 4. The van der Waals surface area contributed by atoms with Crippen LogP contribution in [0.25, 0.3) is 0 Å². The molecule has 2 aromatic heterocycles. The van der Waals surface area contributed by atoms with Crippen LogP contribution in [0.15, 0.2) is 42.7 Å². The van der Waals surface area contributed by atoms with Crippen molar-refractivity contribution in [1.82, 2.24) is 14.9 Å². The average Bonchev–Trinajstić information content (AvgIpc) is 3.00. The van der Waals surface area contributed by atoms with E-state index in [1.54, 1.807) is 12.4 Å². The molecule has 126 valence electrons. The van der Waals surface area contributed by atoms with Gasteiger partial charge in [0.1, 0.15) is 18.0 Å². The highest BCUT2D eigenvalue weighted by Gasteiger charge is 2.44. The van der Waals surface area contributed by atoms with E-state index in [9.17, 15) is 0 Å². The zero-order valence-electron chi connectivity index (χ0n) is 14.0. The molecule has 2 aromatic rings. The van der Waals surface area contributed by atoms with Crippen molar-refractivity contribution in [1.29, 1.82) is 0 Å². The maximum Gasteiger partial charge on any atom is 0.138 e. The molecule has 1 saturated heterocycles. The van der Waals surface area contributed by atoms with Crippen LogP contribution in [0.2, 0.25) is 0 Å². The summed E-state index contributed by atoms with van der Waals surface area (Å²) in [5, 5.41) is 0. The van der Waals surface area contributed by atoms with Crippen molar-refractivity contribution in [3.8, 4) is 5.75 Å². The van der Waals surface area contributed by atoms with Crippen LogP contribution in [0.4, 0.5) is 0 Å². The molecule has 1 aliphatic carbocycles. The Morgan fingerprint density at radius 2 is 2.21 bits per heavy atom. The smallest absolute Gasteiger partial charge is 0.138 e. The predicted octanol–water partition coefficient (Wildman–Crippen LogP) is 2.60. The number of morpholine rings is 1. The summed E-state index contributed by atoms with van der Waals surface area (Å²) in [6, 6.07) is 10.5. The number of aromatic nitrogens is 2. The molecule has 0 N–H and O–H groups in total. The molecular weight excluding hydrogens is 302 g/mol. The third-order valence-electron chi connectivity index (χ3n) is 4.88. The molecule has 0 spiro atoms. The average molecular weight is 325 g/mol. The quantitative estimate of drug-likeness (QED) is 0.865. The first kappa shape index (κ1) is 15.5. The Labute approximate surface area is 142 Å². The molecule has 3 atom stereocenters. The van der Waals surface area contributed by atoms with Crippen molar-refractivity contribution in [3.05, 3.63) is 54.1 Å². The minimum Gasteiger partial charge on any atom is -0.486 e. The fraction of sp³-hybridized carbons (Fsp3) is 0.474. The standard InChI is InChI=1S/C19H23N3O2/c1-14-4-2-5-15(21-14)13-22-10-11-23-19-17(22)7-8-18(19)24-16-6-3-9-20-12-16/h2-6,9,12,17-19H,7-8,10-11,13H2,1H3/t17-,18+,19+/m1/s1. The van der Waals surface area contributed by atoms with Gasteiger partial charge in [-0.1, -0.05) is 6.07 Å². The first-order valence-electron chi connectivity index (χ1n) is 8.64. The molecule has 0 unspecified atom stereocenters. The van der Waals surface area contributed by atoms with Gasteiger partial charge in [0.05, 0.1) is 18.5 Å². The lowest BCUT2D eigenvalue weighted by Crippen LogP contribution is -2.51. The Bertz CT molecular complexity index is 679. The fourth-order valence-corrected chi connectivity index (χ4v) is 3.80. The number of nitrogens with zero attached hydrogens (tertiary/aromatic N) is 3. The van der Waals surface area contributed by atoms with Gasteiger partial charge < -0.3 is 9.47 Å². The summed E-state index contributed by atoms with van der Waals surface area (Å²) in [7, 11) is 0. The summed E-state index contributed by atoms with van der Waals surface area (Å²) in [5.74, 6) is 0.823. The number of hydrogen-bond donors (Lipinski definition) is 0. The van der Waals surface area contributed by atoms with Crippen LogP contribution >= 0.6 is 0 Å². The minimum atomic E-state index is 0.104. The van der Waals surface area contributed by atoms with Crippen molar-refractivity contribution < 1.29 is 9.47 Å². The largest absolute Gasteiger partial charge is 0.486 e. The van der Waals surface area contributed by atoms with Crippen molar-refractivity contribution >= 4 is 0 Å². The van der Waals surface area contributed by atoms with Gasteiger partial charge in [0.2, 0.25) is 0 Å². The van der Waals surface area contributed by atoms with Crippen molar-refractivity contribution in [2.45, 2.75) is 44.6 Å². The van der Waals surface area contributed by atoms with Gasteiger partial charge >= 0.3 is 0 Å². The molecule has 0 aromatic carbocycles. The molecule has 0 bridgehead atoms. The van der Waals surface area contributed by atoms with Gasteiger partial charge in [-0.05, 0) is 44.0 Å². The Morgan fingerprint density at radius 3 is 3.04 bits per heavy atom. The number of fused-ring (bicyclic) bond motifs is 1. The van der Waals surface area contributed by atoms with Crippen molar-refractivity contribution in [2.24, 2.45) is 0 Å². The van der Waals surface area contributed by atoms with E-state index in [-0.39, 0.29) is 12.2 Å². The number of aryl methyl sites for hydroxylation is 1. The predicted molar refractivity (Wildman–Crippen MR) is 90.8 cm³/mol. The highest BCUT2D eigenvalue weighted by Crippen LogP contribution is 2.33. The maximum absolute atomic E-state index is 6.13. The zero-order valence-corrected chi connectivity index (χ0v) is 14.0. The SMILES string of the molecule is Cc1cccc(CN2CCO[C@@H]3[C@@H](Oc4cccnc4)CC[C@H]32)n1. The Balaban J connectivity index is 1.44. The third-order valence-corrected chi connectivity index (χ3v) is 4.88. The highest BCUT2D eigenvalue weighted by molar-refractivity contribution is 5.17. The Morgan fingerprint density at radius 1 is 1.25 bits per heavy atom. The topological polar surface area (TPSA) is 47.5 Å². The van der Waals surface area contributed by atoms with Gasteiger partial charge in [0.25, 0.3) is 0 Å². The molecule has 5 nitrogen and oxygen atoms in total. The van der Waals surface area contributed by atoms with Crippen molar-refractivity contribution in [3.63, 3.8) is 0 Å².